The van der Waals surface area contributed by atoms with Crippen LogP contribution < -0.4 is 10.6 Å². The van der Waals surface area contributed by atoms with Crippen molar-refractivity contribution in [2.24, 2.45) is 5.92 Å². The normalized spacial score (nSPS) is 12.7. The van der Waals surface area contributed by atoms with Gasteiger partial charge in [-0.05, 0) is 30.2 Å². The number of pyridine rings is 1. The second-order valence-corrected chi connectivity index (χ2v) is 5.27. The third kappa shape index (κ3) is 6.84. The van der Waals surface area contributed by atoms with Crippen LogP contribution in [-0.4, -0.2) is 45.0 Å². The molecule has 0 amide bonds. The predicted octanol–water partition coefficient (Wildman–Crippen LogP) is 1.90. The van der Waals surface area contributed by atoms with Gasteiger partial charge in [0.2, 0.25) is 0 Å². The number of anilines is 1. The second-order valence-electron chi connectivity index (χ2n) is 5.27. The van der Waals surface area contributed by atoms with Crippen LogP contribution in [0.2, 0.25) is 0 Å². The molecule has 1 aromatic rings. The largest absolute Gasteiger partial charge is 0.382 e. The molecule has 0 saturated heterocycles. The summed E-state index contributed by atoms with van der Waals surface area (Å²) in [6, 6.07) is 4.09. The number of nitrogens with zero attached hydrogens (tertiary/aromatic N) is 1. The van der Waals surface area contributed by atoms with E-state index in [4.69, 9.17) is 9.47 Å². The zero-order valence-corrected chi connectivity index (χ0v) is 13.0. The van der Waals surface area contributed by atoms with Gasteiger partial charge in [0.05, 0.1) is 12.7 Å². The third-order valence-electron chi connectivity index (χ3n) is 2.90. The van der Waals surface area contributed by atoms with E-state index in [2.05, 4.69) is 35.5 Å². The van der Waals surface area contributed by atoms with E-state index >= 15 is 0 Å². The Morgan fingerprint density at radius 1 is 1.25 bits per heavy atom. The number of aromatic nitrogens is 1. The summed E-state index contributed by atoms with van der Waals surface area (Å²) in [6.07, 6.45) is 1.86. The van der Waals surface area contributed by atoms with E-state index in [1.54, 1.807) is 14.2 Å². The molecule has 0 spiro atoms. The van der Waals surface area contributed by atoms with Gasteiger partial charge in [0, 0.05) is 33.5 Å². The van der Waals surface area contributed by atoms with E-state index in [9.17, 15) is 0 Å². The zero-order chi connectivity index (χ0) is 14.8. The van der Waals surface area contributed by atoms with Gasteiger partial charge in [-0.25, -0.2) is 4.98 Å². The number of hydrogen-bond donors (Lipinski definition) is 2. The van der Waals surface area contributed by atoms with E-state index < -0.39 is 0 Å². The lowest BCUT2D eigenvalue weighted by molar-refractivity contribution is 0.0365. The Bertz CT molecular complexity index is 372. The van der Waals surface area contributed by atoms with Crippen molar-refractivity contribution in [2.45, 2.75) is 26.5 Å². The number of nitrogens with one attached hydrogen (secondary N) is 2. The molecule has 1 aromatic heterocycles. The Labute approximate surface area is 122 Å². The van der Waals surface area contributed by atoms with Crippen molar-refractivity contribution in [3.05, 3.63) is 23.9 Å². The van der Waals surface area contributed by atoms with Gasteiger partial charge < -0.3 is 20.1 Å². The first-order valence-corrected chi connectivity index (χ1v) is 7.07. The summed E-state index contributed by atoms with van der Waals surface area (Å²) in [7, 11) is 3.36. The summed E-state index contributed by atoms with van der Waals surface area (Å²) in [5.74, 6) is 1.53. The molecule has 2 N–H and O–H groups in total. The Morgan fingerprint density at radius 2 is 2.05 bits per heavy atom. The van der Waals surface area contributed by atoms with Gasteiger partial charge in [0.25, 0.3) is 0 Å². The van der Waals surface area contributed by atoms with Crippen LogP contribution in [-0.2, 0) is 16.0 Å². The number of ether oxygens (including phenoxy) is 2. The maximum absolute atomic E-state index is 5.31. The SMILES string of the molecule is COCC(CNc1cc(CNCC(C)C)ccn1)OC. The van der Waals surface area contributed by atoms with Crippen LogP contribution >= 0.6 is 0 Å². The molecular weight excluding hydrogens is 254 g/mol. The highest BCUT2D eigenvalue weighted by molar-refractivity contribution is 5.37. The third-order valence-corrected chi connectivity index (χ3v) is 2.90. The molecule has 5 heteroatoms. The van der Waals surface area contributed by atoms with Gasteiger partial charge in [-0.2, -0.15) is 0 Å². The number of hydrogen-bond acceptors (Lipinski definition) is 5. The molecule has 0 aromatic carbocycles. The standard InChI is InChI=1S/C15H27N3O2/c1-12(2)8-16-9-13-5-6-17-15(7-13)18-10-14(20-4)11-19-3/h5-7,12,14,16H,8-11H2,1-4H3,(H,17,18). The first-order chi connectivity index (χ1) is 9.65. The van der Waals surface area contributed by atoms with E-state index in [1.165, 1.54) is 5.56 Å². The minimum atomic E-state index is 0.0320. The lowest BCUT2D eigenvalue weighted by Crippen LogP contribution is -2.27. The monoisotopic (exact) mass is 281 g/mol. The molecule has 5 nitrogen and oxygen atoms in total. The average Bonchev–Trinajstić information content (AvgIpc) is 2.43. The van der Waals surface area contributed by atoms with Gasteiger partial charge in [0.1, 0.15) is 5.82 Å². The fourth-order valence-electron chi connectivity index (χ4n) is 1.80. The Kier molecular flexibility index (Phi) is 8.18. The maximum atomic E-state index is 5.31. The van der Waals surface area contributed by atoms with Gasteiger partial charge in [-0.3, -0.25) is 0 Å². The molecule has 1 unspecified atom stereocenters. The van der Waals surface area contributed by atoms with Crippen molar-refractivity contribution < 1.29 is 9.47 Å². The topological polar surface area (TPSA) is 55.4 Å². The number of rotatable bonds is 10. The van der Waals surface area contributed by atoms with Crippen LogP contribution in [0.4, 0.5) is 5.82 Å². The van der Waals surface area contributed by atoms with Crippen molar-refractivity contribution in [3.63, 3.8) is 0 Å². The van der Waals surface area contributed by atoms with Crippen LogP contribution in [0.1, 0.15) is 19.4 Å². The van der Waals surface area contributed by atoms with Gasteiger partial charge >= 0.3 is 0 Å². The molecular formula is C15H27N3O2. The molecule has 0 radical (unpaired) electrons. The van der Waals surface area contributed by atoms with Crippen molar-refractivity contribution >= 4 is 5.82 Å². The van der Waals surface area contributed by atoms with Crippen LogP contribution in [0.15, 0.2) is 18.3 Å². The predicted molar refractivity (Wildman–Crippen MR) is 81.9 cm³/mol. The summed E-state index contributed by atoms with van der Waals surface area (Å²) >= 11 is 0. The molecule has 0 aliphatic heterocycles. The maximum Gasteiger partial charge on any atom is 0.126 e. The summed E-state index contributed by atoms with van der Waals surface area (Å²) in [5, 5.41) is 6.70. The highest BCUT2D eigenvalue weighted by Crippen LogP contribution is 2.07. The highest BCUT2D eigenvalue weighted by Gasteiger charge is 2.07. The van der Waals surface area contributed by atoms with Gasteiger partial charge in [0.15, 0.2) is 0 Å². The molecule has 1 heterocycles. The van der Waals surface area contributed by atoms with Crippen molar-refractivity contribution in [1.29, 1.82) is 0 Å². The van der Waals surface area contributed by atoms with Crippen LogP contribution in [0.3, 0.4) is 0 Å². The summed E-state index contributed by atoms with van der Waals surface area (Å²) in [6.45, 7) is 7.53. The fourth-order valence-corrected chi connectivity index (χ4v) is 1.80. The first-order valence-electron chi connectivity index (χ1n) is 7.07. The van der Waals surface area contributed by atoms with Crippen LogP contribution in [0.5, 0.6) is 0 Å². The van der Waals surface area contributed by atoms with Crippen molar-refractivity contribution in [2.75, 3.05) is 39.2 Å². The smallest absolute Gasteiger partial charge is 0.126 e. The molecule has 0 bridgehead atoms. The summed E-state index contributed by atoms with van der Waals surface area (Å²) < 4.78 is 10.4. The molecule has 0 saturated carbocycles. The summed E-state index contributed by atoms with van der Waals surface area (Å²) in [5.41, 5.74) is 1.23. The lowest BCUT2D eigenvalue weighted by atomic mass is 10.2. The quantitative estimate of drug-likeness (QED) is 0.686. The Balaban J connectivity index is 2.42. The minimum Gasteiger partial charge on any atom is -0.382 e. The van der Waals surface area contributed by atoms with Crippen LogP contribution in [0.25, 0.3) is 0 Å². The summed E-state index contributed by atoms with van der Waals surface area (Å²) in [4.78, 5) is 4.31. The Hall–Kier alpha value is -1.17. The highest BCUT2D eigenvalue weighted by atomic mass is 16.5. The van der Waals surface area contributed by atoms with Crippen LogP contribution in [0, 0.1) is 5.92 Å². The first kappa shape index (κ1) is 16.9. The molecule has 114 valence electrons. The number of methoxy groups -OCH3 is 2. The minimum absolute atomic E-state index is 0.0320. The molecule has 0 fully saturated rings. The Morgan fingerprint density at radius 3 is 2.70 bits per heavy atom. The fraction of sp³-hybridized carbons (Fsp3) is 0.667. The van der Waals surface area contributed by atoms with Gasteiger partial charge in [-0.1, -0.05) is 13.8 Å². The van der Waals surface area contributed by atoms with E-state index in [0.29, 0.717) is 19.1 Å². The lowest BCUT2D eigenvalue weighted by Gasteiger charge is -2.15. The second kappa shape index (κ2) is 9.69. The van der Waals surface area contributed by atoms with Crippen molar-refractivity contribution in [1.82, 2.24) is 10.3 Å². The van der Waals surface area contributed by atoms with E-state index in [0.717, 1.165) is 18.9 Å². The molecule has 0 aliphatic rings. The average molecular weight is 281 g/mol. The van der Waals surface area contributed by atoms with Crippen molar-refractivity contribution in [3.8, 4) is 0 Å². The zero-order valence-electron chi connectivity index (χ0n) is 13.0. The molecule has 1 rings (SSSR count). The van der Waals surface area contributed by atoms with Gasteiger partial charge in [-0.15, -0.1) is 0 Å². The molecule has 1 atom stereocenters. The molecule has 0 aliphatic carbocycles. The molecule has 20 heavy (non-hydrogen) atoms. The van der Waals surface area contributed by atoms with E-state index in [1.807, 2.05) is 12.3 Å². The van der Waals surface area contributed by atoms with E-state index in [-0.39, 0.29) is 6.10 Å².